The van der Waals surface area contributed by atoms with Crippen molar-refractivity contribution in [3.63, 3.8) is 0 Å². The first kappa shape index (κ1) is 10.2. The maximum absolute atomic E-state index is 11.5. The van der Waals surface area contributed by atoms with Crippen molar-refractivity contribution in [3.05, 3.63) is 34.2 Å². The molecule has 0 atom stereocenters. The lowest BCUT2D eigenvalue weighted by Gasteiger charge is -2.00. The highest BCUT2D eigenvalue weighted by Crippen LogP contribution is 2.17. The number of hydrogen-bond acceptors (Lipinski definition) is 3. The van der Waals surface area contributed by atoms with Crippen LogP contribution in [0.3, 0.4) is 0 Å². The summed E-state index contributed by atoms with van der Waals surface area (Å²) in [5.41, 5.74) is 1.86. The Bertz CT molecular complexity index is 533. The lowest BCUT2D eigenvalue weighted by molar-refractivity contribution is 0.0592. The minimum Gasteiger partial charge on any atom is -0.464 e. The van der Waals surface area contributed by atoms with Gasteiger partial charge in [0.1, 0.15) is 5.65 Å². The Hall–Kier alpha value is -1.36. The van der Waals surface area contributed by atoms with Crippen molar-refractivity contribution in [3.8, 4) is 0 Å². The summed E-state index contributed by atoms with van der Waals surface area (Å²) in [4.78, 5) is 15.8. The molecule has 0 radical (unpaired) electrons. The summed E-state index contributed by atoms with van der Waals surface area (Å²) in [5.74, 6) is -0.373. The number of nitrogens with zero attached hydrogens (tertiary/aromatic N) is 2. The fourth-order valence-corrected chi connectivity index (χ4v) is 1.80. The van der Waals surface area contributed by atoms with Crippen molar-refractivity contribution >= 4 is 27.5 Å². The van der Waals surface area contributed by atoms with Gasteiger partial charge in [-0.1, -0.05) is 15.9 Å². The van der Waals surface area contributed by atoms with Crippen molar-refractivity contribution < 1.29 is 9.53 Å². The van der Waals surface area contributed by atoms with Crippen molar-refractivity contribution in [2.75, 3.05) is 7.11 Å². The minimum atomic E-state index is -0.373. The largest absolute Gasteiger partial charge is 0.464 e. The molecule has 0 amide bonds. The Morgan fingerprint density at radius 1 is 1.60 bits per heavy atom. The van der Waals surface area contributed by atoms with E-state index in [4.69, 9.17) is 4.74 Å². The molecule has 15 heavy (non-hydrogen) atoms. The minimum absolute atomic E-state index is 0.373. The third kappa shape index (κ3) is 1.63. The summed E-state index contributed by atoms with van der Waals surface area (Å²) in [5, 5.41) is 0. The zero-order valence-corrected chi connectivity index (χ0v) is 9.91. The van der Waals surface area contributed by atoms with Crippen LogP contribution in [0.4, 0.5) is 0 Å². The van der Waals surface area contributed by atoms with Crippen LogP contribution in [0.1, 0.15) is 16.2 Å². The van der Waals surface area contributed by atoms with Crippen LogP contribution < -0.4 is 0 Å². The fraction of sp³-hybridized carbons (Fsp3) is 0.200. The molecule has 0 spiro atoms. The van der Waals surface area contributed by atoms with Gasteiger partial charge in [-0.25, -0.2) is 9.78 Å². The van der Waals surface area contributed by atoms with Crippen molar-refractivity contribution in [1.82, 2.24) is 9.38 Å². The predicted molar refractivity (Wildman–Crippen MR) is 59.0 cm³/mol. The summed E-state index contributed by atoms with van der Waals surface area (Å²) < 4.78 is 7.34. The van der Waals surface area contributed by atoms with E-state index in [2.05, 4.69) is 20.9 Å². The van der Waals surface area contributed by atoms with Crippen LogP contribution in [0.25, 0.3) is 5.65 Å². The van der Waals surface area contributed by atoms with Crippen LogP contribution in [-0.4, -0.2) is 22.5 Å². The van der Waals surface area contributed by atoms with E-state index >= 15 is 0 Å². The molecule has 0 bridgehead atoms. The molecule has 0 aliphatic heterocycles. The zero-order chi connectivity index (χ0) is 11.0. The molecule has 5 heteroatoms. The third-order valence-electron chi connectivity index (χ3n) is 2.14. The number of rotatable bonds is 1. The Kier molecular flexibility index (Phi) is 2.48. The number of aromatic nitrogens is 2. The topological polar surface area (TPSA) is 43.6 Å². The maximum Gasteiger partial charge on any atom is 0.356 e. The smallest absolute Gasteiger partial charge is 0.356 e. The second-order valence-corrected chi connectivity index (χ2v) is 4.03. The second kappa shape index (κ2) is 3.66. The van der Waals surface area contributed by atoms with Crippen LogP contribution in [0, 0.1) is 6.92 Å². The van der Waals surface area contributed by atoms with Gasteiger partial charge in [-0.2, -0.15) is 0 Å². The van der Waals surface area contributed by atoms with E-state index in [0.29, 0.717) is 11.4 Å². The van der Waals surface area contributed by atoms with Crippen LogP contribution in [0.2, 0.25) is 0 Å². The number of carbonyl (C=O) groups excluding carboxylic acids is 1. The van der Waals surface area contributed by atoms with Gasteiger partial charge in [0.25, 0.3) is 0 Å². The molecule has 0 N–H and O–H groups in total. The summed E-state index contributed by atoms with van der Waals surface area (Å²) in [6.45, 7) is 1.78. The van der Waals surface area contributed by atoms with Gasteiger partial charge in [0.05, 0.1) is 12.8 Å². The van der Waals surface area contributed by atoms with Gasteiger partial charge in [-0.05, 0) is 19.1 Å². The first-order valence-electron chi connectivity index (χ1n) is 4.36. The van der Waals surface area contributed by atoms with Crippen molar-refractivity contribution in [2.45, 2.75) is 6.92 Å². The van der Waals surface area contributed by atoms with E-state index in [1.807, 2.05) is 12.1 Å². The molecule has 0 saturated heterocycles. The van der Waals surface area contributed by atoms with E-state index in [1.54, 1.807) is 17.5 Å². The second-order valence-electron chi connectivity index (χ2n) is 3.11. The standard InChI is InChI=1S/C10H9BrN2O2/c1-6-9(10(14)15-2)13-4-3-7(11)5-8(13)12-6/h3-5H,1-2H3. The number of hydrogen-bond donors (Lipinski definition) is 0. The maximum atomic E-state index is 11.5. The molecule has 2 heterocycles. The summed E-state index contributed by atoms with van der Waals surface area (Å²) in [7, 11) is 1.36. The average molecular weight is 269 g/mol. The highest BCUT2D eigenvalue weighted by atomic mass is 79.9. The highest BCUT2D eigenvalue weighted by molar-refractivity contribution is 9.10. The normalized spacial score (nSPS) is 10.6. The van der Waals surface area contributed by atoms with E-state index < -0.39 is 0 Å². The van der Waals surface area contributed by atoms with Gasteiger partial charge < -0.3 is 4.74 Å². The first-order valence-corrected chi connectivity index (χ1v) is 5.15. The monoisotopic (exact) mass is 268 g/mol. The number of esters is 1. The quantitative estimate of drug-likeness (QED) is 0.745. The summed E-state index contributed by atoms with van der Waals surface area (Å²) in [6.07, 6.45) is 1.78. The van der Waals surface area contributed by atoms with Crippen LogP contribution in [0.15, 0.2) is 22.8 Å². The van der Waals surface area contributed by atoms with Crippen molar-refractivity contribution in [1.29, 1.82) is 0 Å². The highest BCUT2D eigenvalue weighted by Gasteiger charge is 2.16. The van der Waals surface area contributed by atoms with Gasteiger partial charge in [0, 0.05) is 10.7 Å². The number of halogens is 1. The average Bonchev–Trinajstić information content (AvgIpc) is 2.52. The van der Waals surface area contributed by atoms with Gasteiger partial charge in [-0.3, -0.25) is 4.40 Å². The molecule has 0 fully saturated rings. The number of methoxy groups -OCH3 is 1. The zero-order valence-electron chi connectivity index (χ0n) is 8.32. The van der Waals surface area contributed by atoms with Crippen LogP contribution >= 0.6 is 15.9 Å². The Balaban J connectivity index is 2.73. The van der Waals surface area contributed by atoms with Crippen LogP contribution in [0.5, 0.6) is 0 Å². The lowest BCUT2D eigenvalue weighted by atomic mass is 10.3. The Labute approximate surface area is 95.0 Å². The molecule has 4 nitrogen and oxygen atoms in total. The molecule has 0 aromatic carbocycles. The number of aryl methyl sites for hydroxylation is 1. The van der Waals surface area contributed by atoms with E-state index in [1.165, 1.54) is 7.11 Å². The predicted octanol–water partition coefficient (Wildman–Crippen LogP) is 2.19. The van der Waals surface area contributed by atoms with E-state index in [-0.39, 0.29) is 5.97 Å². The molecular weight excluding hydrogens is 260 g/mol. The molecule has 0 saturated carbocycles. The lowest BCUT2D eigenvalue weighted by Crippen LogP contribution is -2.06. The van der Waals surface area contributed by atoms with E-state index in [9.17, 15) is 4.79 Å². The first-order chi connectivity index (χ1) is 7.13. The number of ether oxygens (including phenoxy) is 1. The Morgan fingerprint density at radius 3 is 3.00 bits per heavy atom. The fourth-order valence-electron chi connectivity index (χ4n) is 1.48. The Morgan fingerprint density at radius 2 is 2.33 bits per heavy atom. The van der Waals surface area contributed by atoms with Gasteiger partial charge in [-0.15, -0.1) is 0 Å². The van der Waals surface area contributed by atoms with Crippen molar-refractivity contribution in [2.24, 2.45) is 0 Å². The molecule has 2 aromatic rings. The molecule has 0 unspecified atom stereocenters. The number of carbonyl (C=O) groups is 1. The van der Waals surface area contributed by atoms with Gasteiger partial charge in [0.15, 0.2) is 5.69 Å². The van der Waals surface area contributed by atoms with Crippen LogP contribution in [-0.2, 0) is 4.74 Å². The summed E-state index contributed by atoms with van der Waals surface area (Å²) >= 11 is 3.35. The number of pyridine rings is 1. The van der Waals surface area contributed by atoms with Gasteiger partial charge >= 0.3 is 5.97 Å². The molecule has 0 aliphatic carbocycles. The molecular formula is C10H9BrN2O2. The van der Waals surface area contributed by atoms with E-state index in [0.717, 1.165) is 10.1 Å². The number of imidazole rings is 1. The SMILES string of the molecule is COC(=O)c1c(C)nc2cc(Br)ccn12. The third-order valence-corrected chi connectivity index (χ3v) is 2.63. The van der Waals surface area contributed by atoms with Gasteiger partial charge in [0.2, 0.25) is 0 Å². The molecule has 78 valence electrons. The molecule has 2 rings (SSSR count). The summed E-state index contributed by atoms with van der Waals surface area (Å²) in [6, 6.07) is 3.69. The molecule has 2 aromatic heterocycles. The number of fused-ring (bicyclic) bond motifs is 1. The molecule has 0 aliphatic rings.